The Kier molecular flexibility index (Phi) is 4.46. The highest BCUT2D eigenvalue weighted by molar-refractivity contribution is 7.97. The minimum Gasteiger partial charge on any atom is -0.307 e. The number of urea groups is 1. The number of aryl methyl sites for hydroxylation is 2. The van der Waals surface area contributed by atoms with Gasteiger partial charge in [0.1, 0.15) is 5.03 Å². The molecule has 0 radical (unpaired) electrons. The first-order valence-corrected chi connectivity index (χ1v) is 9.89. The summed E-state index contributed by atoms with van der Waals surface area (Å²) >= 11 is 1.26. The van der Waals surface area contributed by atoms with Gasteiger partial charge in [-0.25, -0.2) is 4.79 Å². The molecule has 2 amide bonds. The summed E-state index contributed by atoms with van der Waals surface area (Å²) in [6, 6.07) is 4.44. The number of nitrogens with one attached hydrogen (secondary N) is 2. The van der Waals surface area contributed by atoms with Crippen LogP contribution in [0.3, 0.4) is 0 Å². The van der Waals surface area contributed by atoms with E-state index in [0.717, 1.165) is 36.4 Å². The lowest BCUT2D eigenvalue weighted by molar-refractivity contribution is 0.257. The average molecular weight is 356 g/mol. The van der Waals surface area contributed by atoms with Crippen LogP contribution in [0.15, 0.2) is 23.4 Å². The molecule has 132 valence electrons. The lowest BCUT2D eigenvalue weighted by atomic mass is 9.99. The minimum absolute atomic E-state index is 0.168. The Labute approximate surface area is 152 Å². The topological polar surface area (TPSA) is 59.0 Å². The highest BCUT2D eigenvalue weighted by Gasteiger charge is 2.25. The number of carbonyl (C=O) groups excluding carboxylic acids is 1. The molecular weight excluding hydrogens is 332 g/mol. The first-order chi connectivity index (χ1) is 12.1. The Hall–Kier alpha value is -1.95. The molecule has 6 heteroatoms. The van der Waals surface area contributed by atoms with Gasteiger partial charge in [0, 0.05) is 29.9 Å². The van der Waals surface area contributed by atoms with Crippen LogP contribution in [0, 0.1) is 0 Å². The molecule has 4 rings (SSSR count). The third-order valence-electron chi connectivity index (χ3n) is 5.07. The highest BCUT2D eigenvalue weighted by Crippen LogP contribution is 2.38. The van der Waals surface area contributed by atoms with Gasteiger partial charge < -0.3 is 5.32 Å². The molecule has 0 fully saturated rings. The average Bonchev–Trinajstić information content (AvgIpc) is 3.32. The summed E-state index contributed by atoms with van der Waals surface area (Å²) in [5, 5.41) is 8.38. The molecule has 0 atom stereocenters. The van der Waals surface area contributed by atoms with E-state index in [4.69, 9.17) is 0 Å². The fraction of sp³-hybridized carbons (Fsp3) is 0.474. The molecule has 5 nitrogen and oxygen atoms in total. The first kappa shape index (κ1) is 16.5. The normalized spacial score (nSPS) is 15.3. The SMILES string of the molecule is CC(C)n1ccc(SNC(=O)Nc2c3c(cc4c2CCC4)CCC3)n1. The van der Waals surface area contributed by atoms with E-state index in [1.165, 1.54) is 47.0 Å². The fourth-order valence-electron chi connectivity index (χ4n) is 3.87. The molecule has 0 aliphatic heterocycles. The zero-order valence-corrected chi connectivity index (χ0v) is 15.6. The van der Waals surface area contributed by atoms with E-state index in [2.05, 4.69) is 35.1 Å². The molecule has 0 bridgehead atoms. The van der Waals surface area contributed by atoms with Crippen LogP contribution in [0.4, 0.5) is 10.5 Å². The van der Waals surface area contributed by atoms with Gasteiger partial charge in [-0.15, -0.1) is 0 Å². The van der Waals surface area contributed by atoms with E-state index in [-0.39, 0.29) is 6.03 Å². The van der Waals surface area contributed by atoms with E-state index in [1.54, 1.807) is 0 Å². The number of aromatic nitrogens is 2. The number of carbonyl (C=O) groups is 1. The summed E-state index contributed by atoms with van der Waals surface area (Å²) in [4.78, 5) is 12.4. The Bertz CT molecular complexity index is 780. The number of fused-ring (bicyclic) bond motifs is 2. The number of anilines is 1. The van der Waals surface area contributed by atoms with Crippen molar-refractivity contribution in [1.82, 2.24) is 14.5 Å². The van der Waals surface area contributed by atoms with Crippen LogP contribution in [0.2, 0.25) is 0 Å². The zero-order chi connectivity index (χ0) is 17.4. The largest absolute Gasteiger partial charge is 0.329 e. The third-order valence-corrected chi connectivity index (χ3v) is 5.79. The molecule has 1 aromatic heterocycles. The van der Waals surface area contributed by atoms with Crippen molar-refractivity contribution in [3.8, 4) is 0 Å². The highest BCUT2D eigenvalue weighted by atomic mass is 32.2. The summed E-state index contributed by atoms with van der Waals surface area (Å²) < 4.78 is 4.76. The van der Waals surface area contributed by atoms with Crippen molar-refractivity contribution in [2.45, 2.75) is 63.4 Å². The lowest BCUT2D eigenvalue weighted by Crippen LogP contribution is -2.24. The van der Waals surface area contributed by atoms with E-state index in [9.17, 15) is 4.79 Å². The fourth-order valence-corrected chi connectivity index (χ4v) is 4.38. The van der Waals surface area contributed by atoms with Gasteiger partial charge in [0.25, 0.3) is 0 Å². The third kappa shape index (κ3) is 3.27. The number of rotatable bonds is 4. The Morgan fingerprint density at radius 3 is 2.44 bits per heavy atom. The number of benzene rings is 1. The standard InChI is InChI=1S/C19H24N4OS/c1-12(2)23-10-9-17(21-23)25-22-19(24)20-18-15-7-3-5-13(15)11-14-6-4-8-16(14)18/h9-12H,3-8H2,1-2H3,(H2,20,22,24). The molecule has 2 aliphatic carbocycles. The van der Waals surface area contributed by atoms with Crippen LogP contribution in [-0.4, -0.2) is 15.8 Å². The zero-order valence-electron chi connectivity index (χ0n) is 14.8. The summed E-state index contributed by atoms with van der Waals surface area (Å²) in [5.41, 5.74) is 6.64. The van der Waals surface area contributed by atoms with Crippen LogP contribution in [0.5, 0.6) is 0 Å². The Balaban J connectivity index is 1.46. The van der Waals surface area contributed by atoms with Crippen molar-refractivity contribution in [3.63, 3.8) is 0 Å². The van der Waals surface area contributed by atoms with Crippen molar-refractivity contribution >= 4 is 23.7 Å². The van der Waals surface area contributed by atoms with Crippen molar-refractivity contribution < 1.29 is 4.79 Å². The molecule has 0 saturated carbocycles. The van der Waals surface area contributed by atoms with Crippen LogP contribution in [0.1, 0.15) is 55.0 Å². The smallest absolute Gasteiger partial charge is 0.307 e. The second-order valence-electron chi connectivity index (χ2n) is 7.12. The van der Waals surface area contributed by atoms with Gasteiger partial charge in [-0.3, -0.25) is 9.40 Å². The van der Waals surface area contributed by atoms with Gasteiger partial charge in [-0.05, 0) is 80.7 Å². The molecule has 1 aromatic carbocycles. The number of amides is 2. The first-order valence-electron chi connectivity index (χ1n) is 9.07. The summed E-state index contributed by atoms with van der Waals surface area (Å²) in [5.74, 6) is 0. The number of hydrogen-bond acceptors (Lipinski definition) is 3. The van der Waals surface area contributed by atoms with Gasteiger partial charge in [-0.2, -0.15) is 5.10 Å². The molecule has 25 heavy (non-hydrogen) atoms. The molecular formula is C19H24N4OS. The minimum atomic E-state index is -0.168. The van der Waals surface area contributed by atoms with Gasteiger partial charge in [0.05, 0.1) is 0 Å². The van der Waals surface area contributed by atoms with Crippen molar-refractivity contribution in [2.75, 3.05) is 5.32 Å². The molecule has 2 aromatic rings. The number of hydrogen-bond donors (Lipinski definition) is 2. The predicted molar refractivity (Wildman–Crippen MR) is 101 cm³/mol. The van der Waals surface area contributed by atoms with Crippen LogP contribution in [-0.2, 0) is 25.7 Å². The van der Waals surface area contributed by atoms with E-state index in [1.807, 2.05) is 16.9 Å². The summed E-state index contributed by atoms with van der Waals surface area (Å²) in [6.07, 6.45) is 8.74. The molecule has 2 aliphatic rings. The van der Waals surface area contributed by atoms with Gasteiger partial charge >= 0.3 is 6.03 Å². The lowest BCUT2D eigenvalue weighted by Gasteiger charge is -2.16. The summed E-state index contributed by atoms with van der Waals surface area (Å²) in [6.45, 7) is 4.16. The van der Waals surface area contributed by atoms with Gasteiger partial charge in [0.2, 0.25) is 0 Å². The quantitative estimate of drug-likeness (QED) is 0.804. The van der Waals surface area contributed by atoms with E-state index in [0.29, 0.717) is 6.04 Å². The van der Waals surface area contributed by atoms with Crippen LogP contribution in [0.25, 0.3) is 0 Å². The Morgan fingerprint density at radius 2 is 1.84 bits per heavy atom. The molecule has 1 heterocycles. The maximum Gasteiger partial charge on any atom is 0.329 e. The van der Waals surface area contributed by atoms with Crippen molar-refractivity contribution in [2.24, 2.45) is 0 Å². The predicted octanol–water partition coefficient (Wildman–Crippen LogP) is 4.27. The summed E-state index contributed by atoms with van der Waals surface area (Å²) in [7, 11) is 0. The maximum atomic E-state index is 12.4. The monoisotopic (exact) mass is 356 g/mol. The van der Waals surface area contributed by atoms with Crippen molar-refractivity contribution in [1.29, 1.82) is 0 Å². The molecule has 2 N–H and O–H groups in total. The number of nitrogens with zero attached hydrogens (tertiary/aromatic N) is 2. The van der Waals surface area contributed by atoms with Crippen LogP contribution >= 0.6 is 11.9 Å². The van der Waals surface area contributed by atoms with E-state index < -0.39 is 0 Å². The molecule has 0 unspecified atom stereocenters. The molecule has 0 spiro atoms. The second kappa shape index (κ2) is 6.75. The second-order valence-corrected chi connectivity index (χ2v) is 7.95. The maximum absolute atomic E-state index is 12.4. The van der Waals surface area contributed by atoms with Crippen LogP contribution < -0.4 is 10.0 Å². The van der Waals surface area contributed by atoms with Crippen molar-refractivity contribution in [3.05, 3.63) is 40.6 Å². The van der Waals surface area contributed by atoms with Gasteiger partial charge in [-0.1, -0.05) is 6.07 Å². The van der Waals surface area contributed by atoms with Gasteiger partial charge in [0.15, 0.2) is 0 Å². The van der Waals surface area contributed by atoms with E-state index >= 15 is 0 Å². The molecule has 0 saturated heterocycles. The Morgan fingerprint density at radius 1 is 1.16 bits per heavy atom.